The largest absolute Gasteiger partial charge is 0.405 e. The molecule has 0 amide bonds. The summed E-state index contributed by atoms with van der Waals surface area (Å²) in [5.74, 6) is 0.433. The van der Waals surface area contributed by atoms with Crippen LogP contribution < -0.4 is 10.8 Å². The van der Waals surface area contributed by atoms with Crippen molar-refractivity contribution in [2.24, 2.45) is 5.41 Å². The zero-order valence-electron chi connectivity index (χ0n) is 23.0. The summed E-state index contributed by atoms with van der Waals surface area (Å²) < 4.78 is 32.6. The van der Waals surface area contributed by atoms with Crippen molar-refractivity contribution in [2.75, 3.05) is 31.3 Å². The average molecular weight is 610 g/mol. The van der Waals surface area contributed by atoms with Gasteiger partial charge in [-0.05, 0) is 32.4 Å². The number of aliphatic hydroxyl groups excluding tert-OH is 2. The van der Waals surface area contributed by atoms with Gasteiger partial charge in [0.05, 0.1) is 30.6 Å². The number of rotatable bonds is 13. The quantitative estimate of drug-likeness (QED) is 0.140. The number of nitrogens with one attached hydrogen (secondary N) is 1. The molecule has 4 rings (SSSR count). The van der Waals surface area contributed by atoms with E-state index < -0.39 is 37.2 Å². The first-order chi connectivity index (χ1) is 19.4. The summed E-state index contributed by atoms with van der Waals surface area (Å²) >= 11 is 0.959. The van der Waals surface area contributed by atoms with Gasteiger partial charge in [0.25, 0.3) is 0 Å². The number of anilines is 1. The number of hydrogen-bond donors (Lipinski definition) is 5. The van der Waals surface area contributed by atoms with Crippen LogP contribution in [-0.4, -0.2) is 78.4 Å². The molecule has 1 aliphatic rings. The van der Waals surface area contributed by atoms with Crippen LogP contribution in [0, 0.1) is 5.41 Å². The van der Waals surface area contributed by atoms with Crippen LogP contribution in [0.5, 0.6) is 0 Å². The van der Waals surface area contributed by atoms with E-state index in [1.807, 2.05) is 30.3 Å². The molecular weight excluding hydrogens is 573 g/mol. The summed E-state index contributed by atoms with van der Waals surface area (Å²) in [7, 11) is -3.98. The molecule has 0 radical (unpaired) electrons. The van der Waals surface area contributed by atoms with Crippen LogP contribution in [-0.2, 0) is 29.7 Å². The second-order valence-corrected chi connectivity index (χ2v) is 13.4. The number of carbonyl (C=O) groups excluding carboxylic acids is 1. The van der Waals surface area contributed by atoms with Gasteiger partial charge < -0.3 is 30.4 Å². The van der Waals surface area contributed by atoms with Gasteiger partial charge in [0.15, 0.2) is 11.3 Å². The molecule has 0 saturated carbocycles. The summed E-state index contributed by atoms with van der Waals surface area (Å²) in [5, 5.41) is 34.7. The lowest BCUT2D eigenvalue weighted by Crippen LogP contribution is -2.44. The minimum absolute atomic E-state index is 0.0954. The Morgan fingerprint density at radius 2 is 2.00 bits per heavy atom. The van der Waals surface area contributed by atoms with Gasteiger partial charge in [-0.1, -0.05) is 42.1 Å². The number of ether oxygens (including phenoxy) is 1. The fourth-order valence-electron chi connectivity index (χ4n) is 4.19. The van der Waals surface area contributed by atoms with E-state index in [9.17, 15) is 24.7 Å². The predicted octanol–water partition coefficient (Wildman–Crippen LogP) is 2.23. The van der Waals surface area contributed by atoms with Crippen LogP contribution in [0.2, 0.25) is 0 Å². The van der Waals surface area contributed by atoms with Gasteiger partial charge in [-0.3, -0.25) is 13.8 Å². The van der Waals surface area contributed by atoms with Crippen molar-refractivity contribution in [3.8, 4) is 0 Å². The van der Waals surface area contributed by atoms with Crippen molar-refractivity contribution < 1.29 is 38.5 Å². The number of fused-ring (bicyclic) bond motifs is 1. The number of benzene rings is 1. The second kappa shape index (κ2) is 12.9. The van der Waals surface area contributed by atoms with Gasteiger partial charge in [-0.25, -0.2) is 19.6 Å². The lowest BCUT2D eigenvalue weighted by atomic mass is 9.96. The monoisotopic (exact) mass is 609 g/mol. The van der Waals surface area contributed by atoms with Crippen LogP contribution in [0.3, 0.4) is 0 Å². The Kier molecular flexibility index (Phi) is 9.89. The number of aromatic nitrogens is 3. The van der Waals surface area contributed by atoms with E-state index in [1.165, 1.54) is 13.3 Å². The van der Waals surface area contributed by atoms with E-state index in [1.54, 1.807) is 30.7 Å². The number of hydrogen-bond acceptors (Lipinski definition) is 12. The second-order valence-electron chi connectivity index (χ2n) is 10.5. The molecule has 41 heavy (non-hydrogen) atoms. The SMILES string of the molecule is CC(C)(CO)C(=O)SCCOP(=O)(NCc1ccccc1)OC[C@H]1OC(n2ccc3c(N)ncnc32)C(C)(O)C1O. The Morgan fingerprint density at radius 3 is 2.71 bits per heavy atom. The summed E-state index contributed by atoms with van der Waals surface area (Å²) in [5.41, 5.74) is 4.49. The maximum absolute atomic E-state index is 13.7. The molecule has 3 heterocycles. The average Bonchev–Trinajstić information content (AvgIpc) is 3.48. The number of carbonyl (C=O) groups is 1. The van der Waals surface area contributed by atoms with Crippen LogP contribution in [0.15, 0.2) is 48.9 Å². The molecule has 224 valence electrons. The molecule has 1 aliphatic heterocycles. The lowest BCUT2D eigenvalue weighted by Gasteiger charge is -2.27. The van der Waals surface area contributed by atoms with Crippen molar-refractivity contribution in [3.05, 3.63) is 54.5 Å². The highest BCUT2D eigenvalue weighted by atomic mass is 32.2. The zero-order chi connectivity index (χ0) is 29.8. The first kappa shape index (κ1) is 31.5. The van der Waals surface area contributed by atoms with Gasteiger partial charge in [0.1, 0.15) is 35.6 Å². The van der Waals surface area contributed by atoms with E-state index in [2.05, 4.69) is 15.1 Å². The Labute approximate surface area is 242 Å². The van der Waals surface area contributed by atoms with Gasteiger partial charge in [0.2, 0.25) is 0 Å². The Hall–Kier alpha value is -2.39. The summed E-state index contributed by atoms with van der Waals surface area (Å²) in [6.07, 6.45) is -0.647. The number of nitrogens with zero attached hydrogens (tertiary/aromatic N) is 3. The third-order valence-corrected chi connectivity index (χ3v) is 9.54. The molecule has 5 atom stereocenters. The molecule has 0 aliphatic carbocycles. The van der Waals surface area contributed by atoms with Crippen LogP contribution >= 0.6 is 19.5 Å². The maximum atomic E-state index is 13.7. The normalized spacial score (nSPS) is 24.5. The topological polar surface area (TPSA) is 191 Å². The van der Waals surface area contributed by atoms with Gasteiger partial charge >= 0.3 is 7.75 Å². The number of aliphatic hydroxyl groups is 3. The Bertz CT molecular complexity index is 1390. The standard InChI is InChI=1S/C26H36N5O8PS/c1-25(2,15-32)24(34)41-12-11-37-40(36,30-13-17-7-5-4-6-8-17)38-14-19-20(33)26(3,35)23(39-19)31-10-9-18-21(27)28-16-29-22(18)31/h4-10,16,19-20,23,32-33,35H,11-15H2,1-3H3,(H,30,36)(H2,27,28,29)/t19-,20?,23?,26?,40?/m1/s1. The Morgan fingerprint density at radius 1 is 1.27 bits per heavy atom. The van der Waals surface area contributed by atoms with Gasteiger partial charge in [-0.15, -0.1) is 0 Å². The summed E-state index contributed by atoms with van der Waals surface area (Å²) in [6, 6.07) is 10.9. The van der Waals surface area contributed by atoms with Crippen LogP contribution in [0.25, 0.3) is 11.0 Å². The fourth-order valence-corrected chi connectivity index (χ4v) is 6.43. The lowest BCUT2D eigenvalue weighted by molar-refractivity contribution is -0.119. The third-order valence-electron chi connectivity index (χ3n) is 6.80. The fraction of sp³-hybridized carbons (Fsp3) is 0.500. The minimum atomic E-state index is -3.98. The number of nitrogen functional groups attached to an aromatic ring is 1. The molecule has 4 unspecified atom stereocenters. The first-order valence-electron chi connectivity index (χ1n) is 13.0. The number of nitrogens with two attached hydrogens (primary N) is 1. The molecule has 1 aromatic carbocycles. The van der Waals surface area contributed by atoms with Crippen molar-refractivity contribution in [1.29, 1.82) is 0 Å². The molecule has 6 N–H and O–H groups in total. The summed E-state index contributed by atoms with van der Waals surface area (Å²) in [6.45, 7) is 4.07. The first-order valence-corrected chi connectivity index (χ1v) is 15.5. The Balaban J connectivity index is 1.44. The zero-order valence-corrected chi connectivity index (χ0v) is 24.8. The van der Waals surface area contributed by atoms with Crippen molar-refractivity contribution >= 4 is 41.5 Å². The van der Waals surface area contributed by atoms with Crippen molar-refractivity contribution in [1.82, 2.24) is 19.6 Å². The molecular formula is C26H36N5O8PS. The molecule has 0 bridgehead atoms. The highest BCUT2D eigenvalue weighted by Crippen LogP contribution is 2.47. The van der Waals surface area contributed by atoms with Crippen molar-refractivity contribution in [3.63, 3.8) is 0 Å². The minimum Gasteiger partial charge on any atom is -0.395 e. The maximum Gasteiger partial charge on any atom is 0.405 e. The summed E-state index contributed by atoms with van der Waals surface area (Å²) in [4.78, 5) is 20.5. The van der Waals surface area contributed by atoms with E-state index in [4.69, 9.17) is 19.5 Å². The smallest absolute Gasteiger partial charge is 0.395 e. The highest BCUT2D eigenvalue weighted by Gasteiger charge is 2.54. The molecule has 0 spiro atoms. The molecule has 2 aromatic heterocycles. The third kappa shape index (κ3) is 7.16. The van der Waals surface area contributed by atoms with Crippen LogP contribution in [0.1, 0.15) is 32.6 Å². The highest BCUT2D eigenvalue weighted by molar-refractivity contribution is 8.13. The van der Waals surface area contributed by atoms with E-state index >= 15 is 0 Å². The molecule has 3 aromatic rings. The van der Waals surface area contributed by atoms with E-state index in [0.717, 1.165) is 17.3 Å². The molecule has 1 fully saturated rings. The molecule has 1 saturated heterocycles. The molecule has 15 heteroatoms. The van der Waals surface area contributed by atoms with E-state index in [0.29, 0.717) is 11.0 Å². The number of thioether (sulfide) groups is 1. The van der Waals surface area contributed by atoms with Crippen LogP contribution in [0.4, 0.5) is 5.82 Å². The van der Waals surface area contributed by atoms with Crippen molar-refractivity contribution in [2.45, 2.75) is 51.4 Å². The predicted molar refractivity (Wildman–Crippen MR) is 154 cm³/mol. The van der Waals surface area contributed by atoms with E-state index in [-0.39, 0.29) is 43.1 Å². The molecule has 13 nitrogen and oxygen atoms in total. The van der Waals surface area contributed by atoms with Gasteiger partial charge in [0, 0.05) is 18.5 Å². The van der Waals surface area contributed by atoms with Gasteiger partial charge in [-0.2, -0.15) is 0 Å².